The van der Waals surface area contributed by atoms with Gasteiger partial charge in [0.25, 0.3) is 0 Å². The summed E-state index contributed by atoms with van der Waals surface area (Å²) >= 11 is 1.70. The zero-order valence-electron chi connectivity index (χ0n) is 16.7. The van der Waals surface area contributed by atoms with Crippen molar-refractivity contribution in [1.29, 1.82) is 0 Å². The molecular weight excluding hydrogens is 406 g/mol. The van der Waals surface area contributed by atoms with Crippen LogP contribution in [0.25, 0.3) is 10.9 Å². The first-order chi connectivity index (χ1) is 14.4. The number of aldehydes is 1. The van der Waals surface area contributed by atoms with E-state index in [2.05, 4.69) is 16.0 Å². The monoisotopic (exact) mass is 428 g/mol. The molecule has 0 saturated carbocycles. The molecule has 4 rings (SSSR count). The van der Waals surface area contributed by atoms with E-state index in [1.165, 1.54) is 10.9 Å². The topological polar surface area (TPSA) is 54.3 Å². The molecule has 0 bridgehead atoms. The van der Waals surface area contributed by atoms with Gasteiger partial charge < -0.3 is 15.0 Å². The fourth-order valence-electron chi connectivity index (χ4n) is 3.28. The van der Waals surface area contributed by atoms with Crippen molar-refractivity contribution in [2.45, 2.75) is 20.0 Å². The van der Waals surface area contributed by atoms with Gasteiger partial charge in [-0.25, -0.2) is 8.78 Å². The van der Waals surface area contributed by atoms with Gasteiger partial charge in [-0.2, -0.15) is 0 Å². The predicted molar refractivity (Wildman–Crippen MR) is 116 cm³/mol. The predicted octanol–water partition coefficient (Wildman–Crippen LogP) is 5.26. The van der Waals surface area contributed by atoms with Gasteiger partial charge in [0, 0.05) is 39.1 Å². The van der Waals surface area contributed by atoms with Crippen molar-refractivity contribution in [3.8, 4) is 5.75 Å². The highest BCUT2D eigenvalue weighted by atomic mass is 32.1. The van der Waals surface area contributed by atoms with Crippen LogP contribution in [0.15, 0.2) is 53.9 Å². The number of rotatable bonds is 5. The summed E-state index contributed by atoms with van der Waals surface area (Å²) in [7, 11) is 1.68. The van der Waals surface area contributed by atoms with Crippen molar-refractivity contribution < 1.29 is 18.7 Å². The van der Waals surface area contributed by atoms with E-state index in [1.54, 1.807) is 30.5 Å². The zero-order valence-corrected chi connectivity index (χ0v) is 17.5. The number of phenolic OH excluding ortho intramolecular Hbond substituents is 1. The average molecular weight is 429 g/mol. The molecule has 2 N–H and O–H groups in total. The highest BCUT2D eigenvalue weighted by Gasteiger charge is 2.14. The number of halogens is 2. The largest absolute Gasteiger partial charge is 0.508 e. The maximum atomic E-state index is 12.7. The number of aromatic hydroxyl groups is 1. The van der Waals surface area contributed by atoms with Gasteiger partial charge in [-0.15, -0.1) is 11.3 Å². The fraction of sp³-hybridized carbons (Fsp3) is 0.174. The molecular formula is C23H22F2N2O2S. The van der Waals surface area contributed by atoms with Gasteiger partial charge in [-0.1, -0.05) is 6.07 Å². The summed E-state index contributed by atoms with van der Waals surface area (Å²) in [5.41, 5.74) is 2.92. The van der Waals surface area contributed by atoms with Crippen LogP contribution in [0, 0.1) is 18.6 Å². The molecule has 0 aliphatic rings. The fourth-order valence-corrected chi connectivity index (χ4v) is 3.97. The quantitative estimate of drug-likeness (QED) is 0.426. The Hall–Kier alpha value is -3.03. The first kappa shape index (κ1) is 21.7. The lowest BCUT2D eigenvalue weighted by atomic mass is 10.1. The van der Waals surface area contributed by atoms with E-state index >= 15 is 0 Å². The van der Waals surface area contributed by atoms with Crippen molar-refractivity contribution in [3.63, 3.8) is 0 Å². The first-order valence-electron chi connectivity index (χ1n) is 9.32. The first-order valence-corrected chi connectivity index (χ1v) is 10.2. The van der Waals surface area contributed by atoms with Crippen LogP contribution in [0.1, 0.15) is 26.5 Å². The minimum atomic E-state index is -0.406. The number of benzene rings is 2. The van der Waals surface area contributed by atoms with Crippen LogP contribution >= 0.6 is 11.3 Å². The zero-order chi connectivity index (χ0) is 21.7. The van der Waals surface area contributed by atoms with Crippen LogP contribution in [-0.2, 0) is 13.1 Å². The second kappa shape index (κ2) is 9.65. The molecule has 4 nitrogen and oxygen atoms in total. The van der Waals surface area contributed by atoms with Gasteiger partial charge >= 0.3 is 0 Å². The van der Waals surface area contributed by atoms with E-state index in [0.717, 1.165) is 41.6 Å². The molecule has 0 amide bonds. The number of phenols is 1. The summed E-state index contributed by atoms with van der Waals surface area (Å²) < 4.78 is 27.3. The molecule has 156 valence electrons. The maximum Gasteiger partial charge on any atom is 0.152 e. The Labute approximate surface area is 177 Å². The molecule has 2 heterocycles. The molecule has 0 atom stereocenters. The Kier molecular flexibility index (Phi) is 6.97. The third kappa shape index (κ3) is 4.75. The average Bonchev–Trinajstić information content (AvgIpc) is 3.32. The number of hydrogen-bond donors (Lipinski definition) is 2. The third-order valence-corrected chi connectivity index (χ3v) is 5.60. The summed E-state index contributed by atoms with van der Waals surface area (Å²) in [6.07, 6.45) is 0.863. The normalized spacial score (nSPS) is 10.7. The number of nitrogens with one attached hydrogen (secondary N) is 1. The number of hydrogen-bond acceptors (Lipinski definition) is 4. The van der Waals surface area contributed by atoms with Gasteiger partial charge in [0.2, 0.25) is 0 Å². The third-order valence-electron chi connectivity index (χ3n) is 4.74. The number of fused-ring (bicyclic) bond motifs is 1. The number of aromatic nitrogens is 1. The van der Waals surface area contributed by atoms with Crippen LogP contribution in [0.4, 0.5) is 8.78 Å². The molecule has 4 aromatic rings. The van der Waals surface area contributed by atoms with Crippen molar-refractivity contribution in [1.82, 2.24) is 9.88 Å². The van der Waals surface area contributed by atoms with Crippen LogP contribution < -0.4 is 5.32 Å². The van der Waals surface area contributed by atoms with Crippen LogP contribution in [0.3, 0.4) is 0 Å². The molecule has 0 aliphatic carbocycles. The Morgan fingerprint density at radius 2 is 1.97 bits per heavy atom. The van der Waals surface area contributed by atoms with Crippen LogP contribution in [0.2, 0.25) is 0 Å². The van der Waals surface area contributed by atoms with E-state index in [1.807, 2.05) is 24.4 Å². The number of carbonyl (C=O) groups is 1. The molecule has 0 spiro atoms. The number of carbonyl (C=O) groups excluding carboxylic acids is 1. The van der Waals surface area contributed by atoms with E-state index in [-0.39, 0.29) is 11.6 Å². The minimum Gasteiger partial charge on any atom is -0.508 e. The summed E-state index contributed by atoms with van der Waals surface area (Å²) in [5.74, 6) is -0.596. The van der Waals surface area contributed by atoms with Crippen LogP contribution in [-0.4, -0.2) is 23.0 Å². The molecule has 0 unspecified atom stereocenters. The molecule has 30 heavy (non-hydrogen) atoms. The van der Waals surface area contributed by atoms with Gasteiger partial charge in [0.05, 0.1) is 6.54 Å². The Morgan fingerprint density at radius 3 is 2.63 bits per heavy atom. The SMILES string of the molecule is CNCc1cc(F)ccc1F.Cc1c(C=O)c2cc(O)ccc2n1Cc1cccs1. The van der Waals surface area contributed by atoms with E-state index in [9.17, 15) is 18.7 Å². The summed E-state index contributed by atoms with van der Waals surface area (Å²) in [4.78, 5) is 12.5. The number of nitrogens with zero attached hydrogens (tertiary/aromatic N) is 1. The minimum absolute atomic E-state index is 0.184. The molecule has 2 aromatic heterocycles. The summed E-state index contributed by atoms with van der Waals surface area (Å²) in [6, 6.07) is 12.7. The van der Waals surface area contributed by atoms with E-state index < -0.39 is 5.82 Å². The van der Waals surface area contributed by atoms with Crippen molar-refractivity contribution in [2.75, 3.05) is 7.05 Å². The molecule has 0 fully saturated rings. The molecule has 7 heteroatoms. The second-order valence-electron chi connectivity index (χ2n) is 6.75. The summed E-state index contributed by atoms with van der Waals surface area (Å²) in [5, 5.41) is 15.2. The second-order valence-corrected chi connectivity index (χ2v) is 7.78. The summed E-state index contributed by atoms with van der Waals surface area (Å²) in [6.45, 7) is 3.04. The lowest BCUT2D eigenvalue weighted by Gasteiger charge is -2.06. The molecule has 2 aromatic carbocycles. The molecule has 0 radical (unpaired) electrons. The van der Waals surface area contributed by atoms with Crippen molar-refractivity contribution >= 4 is 28.5 Å². The molecule has 0 aliphatic heterocycles. The Balaban J connectivity index is 0.000000199. The lowest BCUT2D eigenvalue weighted by Crippen LogP contribution is -2.07. The highest BCUT2D eigenvalue weighted by molar-refractivity contribution is 7.09. The van der Waals surface area contributed by atoms with Crippen molar-refractivity contribution in [3.05, 3.63) is 87.2 Å². The van der Waals surface area contributed by atoms with E-state index in [0.29, 0.717) is 17.7 Å². The van der Waals surface area contributed by atoms with Crippen molar-refractivity contribution in [2.24, 2.45) is 0 Å². The van der Waals surface area contributed by atoms with E-state index in [4.69, 9.17) is 0 Å². The smallest absolute Gasteiger partial charge is 0.152 e. The Morgan fingerprint density at radius 1 is 1.17 bits per heavy atom. The standard InChI is InChI=1S/C15H13NO2S.C8H9F2N/c1-10-14(9-17)13-7-11(18)4-5-15(13)16(10)8-12-3-2-6-19-12;1-11-5-6-4-7(9)2-3-8(6)10/h2-7,9,18H,8H2,1H3;2-4,11H,5H2,1H3. The number of thiophene rings is 1. The van der Waals surface area contributed by atoms with Gasteiger partial charge in [-0.05, 0) is 61.8 Å². The van der Waals surface area contributed by atoms with Gasteiger partial charge in [0.15, 0.2) is 6.29 Å². The highest BCUT2D eigenvalue weighted by Crippen LogP contribution is 2.29. The molecule has 0 saturated heterocycles. The van der Waals surface area contributed by atoms with Crippen LogP contribution in [0.5, 0.6) is 5.75 Å². The lowest BCUT2D eigenvalue weighted by molar-refractivity contribution is 0.112. The van der Waals surface area contributed by atoms with Gasteiger partial charge in [0.1, 0.15) is 17.4 Å². The van der Waals surface area contributed by atoms with Gasteiger partial charge in [-0.3, -0.25) is 4.79 Å². The maximum absolute atomic E-state index is 12.7. The Bertz CT molecular complexity index is 1150.